The van der Waals surface area contributed by atoms with Crippen LogP contribution in [0, 0.1) is 0 Å². The Labute approximate surface area is 139 Å². The van der Waals surface area contributed by atoms with E-state index in [-0.39, 0.29) is 5.91 Å². The van der Waals surface area contributed by atoms with E-state index < -0.39 is 0 Å². The highest BCUT2D eigenvalue weighted by Gasteiger charge is 2.17. The first-order chi connectivity index (χ1) is 11.0. The average molecular weight is 333 g/mol. The second kappa shape index (κ2) is 6.38. The van der Waals surface area contributed by atoms with Crippen molar-refractivity contribution in [3.05, 3.63) is 47.0 Å². The van der Waals surface area contributed by atoms with Crippen LogP contribution in [0.3, 0.4) is 0 Å². The molecule has 1 N–H and O–H groups in total. The molecule has 0 spiro atoms. The number of nitrogens with zero attached hydrogens (tertiary/aromatic N) is 1. The predicted molar refractivity (Wildman–Crippen MR) is 91.2 cm³/mol. The summed E-state index contributed by atoms with van der Waals surface area (Å²) in [6.07, 6.45) is 0. The summed E-state index contributed by atoms with van der Waals surface area (Å²) < 4.78 is 11.0. The van der Waals surface area contributed by atoms with Crippen molar-refractivity contribution in [3.8, 4) is 11.5 Å². The summed E-state index contributed by atoms with van der Waals surface area (Å²) in [6.45, 7) is 0.971. The van der Waals surface area contributed by atoms with Gasteiger partial charge < -0.3 is 19.7 Å². The summed E-state index contributed by atoms with van der Waals surface area (Å²) in [7, 11) is 3.85. The van der Waals surface area contributed by atoms with Crippen LogP contribution >= 0.6 is 11.6 Å². The molecule has 0 unspecified atom stereocenters. The van der Waals surface area contributed by atoms with Crippen LogP contribution in [0.4, 0.5) is 11.4 Å². The van der Waals surface area contributed by atoms with Gasteiger partial charge in [-0.1, -0.05) is 17.7 Å². The first-order valence-electron chi connectivity index (χ1n) is 7.22. The SMILES string of the molecule is CN(C)c1cccc(C(=O)Nc2cc3c(cc2Cl)OCCO3)c1. The van der Waals surface area contributed by atoms with E-state index in [4.69, 9.17) is 21.1 Å². The normalized spacial score (nSPS) is 12.7. The molecule has 2 aromatic carbocycles. The van der Waals surface area contributed by atoms with E-state index in [0.29, 0.717) is 41.0 Å². The highest BCUT2D eigenvalue weighted by molar-refractivity contribution is 6.34. The summed E-state index contributed by atoms with van der Waals surface area (Å²) in [4.78, 5) is 14.4. The Bertz CT molecular complexity index is 747. The largest absolute Gasteiger partial charge is 0.486 e. The lowest BCUT2D eigenvalue weighted by molar-refractivity contribution is 0.102. The van der Waals surface area contributed by atoms with Crippen molar-refractivity contribution in [1.29, 1.82) is 0 Å². The predicted octanol–water partition coefficient (Wildman–Crippen LogP) is 3.43. The Hall–Kier alpha value is -2.40. The Morgan fingerprint density at radius 2 is 1.83 bits per heavy atom. The van der Waals surface area contributed by atoms with Crippen molar-refractivity contribution in [1.82, 2.24) is 0 Å². The van der Waals surface area contributed by atoms with E-state index >= 15 is 0 Å². The Kier molecular flexibility index (Phi) is 4.30. The van der Waals surface area contributed by atoms with Gasteiger partial charge in [0.1, 0.15) is 13.2 Å². The number of fused-ring (bicyclic) bond motifs is 1. The first kappa shape index (κ1) is 15.5. The van der Waals surface area contributed by atoms with E-state index in [2.05, 4.69) is 5.32 Å². The molecule has 5 nitrogen and oxygen atoms in total. The molecule has 0 radical (unpaired) electrons. The lowest BCUT2D eigenvalue weighted by atomic mass is 10.1. The zero-order valence-corrected chi connectivity index (χ0v) is 13.7. The number of nitrogens with one attached hydrogen (secondary N) is 1. The van der Waals surface area contributed by atoms with Gasteiger partial charge in [0.15, 0.2) is 11.5 Å². The maximum absolute atomic E-state index is 12.4. The fourth-order valence-electron chi connectivity index (χ4n) is 2.28. The molecule has 0 saturated heterocycles. The third kappa shape index (κ3) is 3.35. The minimum Gasteiger partial charge on any atom is -0.486 e. The molecule has 6 heteroatoms. The van der Waals surface area contributed by atoms with Crippen molar-refractivity contribution in [2.24, 2.45) is 0 Å². The number of amides is 1. The van der Waals surface area contributed by atoms with E-state index in [1.807, 2.05) is 37.2 Å². The van der Waals surface area contributed by atoms with Crippen LogP contribution in [-0.4, -0.2) is 33.2 Å². The average Bonchev–Trinajstić information content (AvgIpc) is 2.55. The van der Waals surface area contributed by atoms with Crippen molar-refractivity contribution in [2.45, 2.75) is 0 Å². The Morgan fingerprint density at radius 1 is 1.13 bits per heavy atom. The number of rotatable bonds is 3. The highest BCUT2D eigenvalue weighted by Crippen LogP contribution is 2.38. The first-order valence-corrected chi connectivity index (χ1v) is 7.60. The van der Waals surface area contributed by atoms with Gasteiger partial charge in [0.05, 0.1) is 10.7 Å². The zero-order chi connectivity index (χ0) is 16.4. The third-order valence-electron chi connectivity index (χ3n) is 3.50. The van der Waals surface area contributed by atoms with Gasteiger partial charge in [0, 0.05) is 37.5 Å². The molecule has 1 aliphatic rings. The molecule has 1 aliphatic heterocycles. The summed E-state index contributed by atoms with van der Waals surface area (Å²) in [5, 5.41) is 3.23. The van der Waals surface area contributed by atoms with Gasteiger partial charge in [-0.15, -0.1) is 0 Å². The van der Waals surface area contributed by atoms with Crippen LogP contribution in [0.1, 0.15) is 10.4 Å². The van der Waals surface area contributed by atoms with Gasteiger partial charge in [0.2, 0.25) is 0 Å². The minimum atomic E-state index is -0.229. The fraction of sp³-hybridized carbons (Fsp3) is 0.235. The molecule has 0 bridgehead atoms. The molecule has 1 amide bonds. The molecule has 0 atom stereocenters. The smallest absolute Gasteiger partial charge is 0.255 e. The molecule has 0 saturated carbocycles. The van der Waals surface area contributed by atoms with E-state index in [0.717, 1.165) is 5.69 Å². The third-order valence-corrected chi connectivity index (χ3v) is 3.82. The molecule has 2 aromatic rings. The van der Waals surface area contributed by atoms with Crippen molar-refractivity contribution >= 4 is 28.9 Å². The molecule has 0 aliphatic carbocycles. The monoisotopic (exact) mass is 332 g/mol. The molecular formula is C17H17ClN2O3. The fourth-order valence-corrected chi connectivity index (χ4v) is 2.48. The van der Waals surface area contributed by atoms with Crippen molar-refractivity contribution in [2.75, 3.05) is 37.5 Å². The number of hydrogen-bond donors (Lipinski definition) is 1. The Balaban J connectivity index is 1.84. The number of benzene rings is 2. The van der Waals surface area contributed by atoms with Crippen LogP contribution in [0.2, 0.25) is 5.02 Å². The van der Waals surface area contributed by atoms with Crippen LogP contribution < -0.4 is 19.7 Å². The van der Waals surface area contributed by atoms with Gasteiger partial charge in [0.25, 0.3) is 5.91 Å². The summed E-state index contributed by atoms with van der Waals surface area (Å²) in [5.41, 5.74) is 2.00. The number of anilines is 2. The number of halogens is 1. The van der Waals surface area contributed by atoms with Crippen LogP contribution in [0.25, 0.3) is 0 Å². The van der Waals surface area contributed by atoms with Gasteiger partial charge in [-0.2, -0.15) is 0 Å². The lowest BCUT2D eigenvalue weighted by Crippen LogP contribution is -2.17. The number of carbonyl (C=O) groups excluding carboxylic acids is 1. The molecular weight excluding hydrogens is 316 g/mol. The standard InChI is InChI=1S/C17H17ClN2O3/c1-20(2)12-5-3-4-11(8-12)17(21)19-14-10-16-15(9-13(14)18)22-6-7-23-16/h3-5,8-10H,6-7H2,1-2H3,(H,19,21). The molecule has 0 aromatic heterocycles. The number of hydrogen-bond acceptors (Lipinski definition) is 4. The maximum Gasteiger partial charge on any atom is 0.255 e. The summed E-state index contributed by atoms with van der Waals surface area (Å²) >= 11 is 6.22. The van der Waals surface area contributed by atoms with E-state index in [1.54, 1.807) is 18.2 Å². The maximum atomic E-state index is 12.4. The van der Waals surface area contributed by atoms with Crippen LogP contribution in [-0.2, 0) is 0 Å². The van der Waals surface area contributed by atoms with Crippen molar-refractivity contribution in [3.63, 3.8) is 0 Å². The van der Waals surface area contributed by atoms with Gasteiger partial charge in [-0.05, 0) is 18.2 Å². The number of carbonyl (C=O) groups is 1. The van der Waals surface area contributed by atoms with Gasteiger partial charge in [-0.3, -0.25) is 4.79 Å². The Morgan fingerprint density at radius 3 is 2.52 bits per heavy atom. The highest BCUT2D eigenvalue weighted by atomic mass is 35.5. The molecule has 120 valence electrons. The molecule has 3 rings (SSSR count). The van der Waals surface area contributed by atoms with Crippen LogP contribution in [0.5, 0.6) is 11.5 Å². The summed E-state index contributed by atoms with van der Waals surface area (Å²) in [6, 6.07) is 10.7. The number of ether oxygens (including phenoxy) is 2. The molecule has 1 heterocycles. The van der Waals surface area contributed by atoms with Gasteiger partial charge >= 0.3 is 0 Å². The quantitative estimate of drug-likeness (QED) is 0.935. The molecule has 23 heavy (non-hydrogen) atoms. The van der Waals surface area contributed by atoms with Gasteiger partial charge in [-0.25, -0.2) is 0 Å². The summed E-state index contributed by atoms with van der Waals surface area (Å²) in [5.74, 6) is 0.944. The lowest BCUT2D eigenvalue weighted by Gasteiger charge is -2.20. The zero-order valence-electron chi connectivity index (χ0n) is 12.9. The second-order valence-electron chi connectivity index (χ2n) is 5.37. The second-order valence-corrected chi connectivity index (χ2v) is 5.78. The van der Waals surface area contributed by atoms with E-state index in [9.17, 15) is 4.79 Å². The van der Waals surface area contributed by atoms with E-state index in [1.165, 1.54) is 0 Å². The molecule has 0 fully saturated rings. The van der Waals surface area contributed by atoms with Crippen LogP contribution in [0.15, 0.2) is 36.4 Å². The topological polar surface area (TPSA) is 50.8 Å². The minimum absolute atomic E-state index is 0.229. The van der Waals surface area contributed by atoms with Crippen molar-refractivity contribution < 1.29 is 14.3 Å².